The van der Waals surface area contributed by atoms with Crippen molar-refractivity contribution in [2.24, 2.45) is 0 Å². The van der Waals surface area contributed by atoms with E-state index in [-0.39, 0.29) is 0 Å². The molecule has 0 aromatic carbocycles. The van der Waals surface area contributed by atoms with Gasteiger partial charge < -0.3 is 5.32 Å². The Morgan fingerprint density at radius 3 is 3.50 bits per heavy atom. The molecule has 1 aromatic heterocycles. The zero-order valence-electron chi connectivity index (χ0n) is 6.04. The van der Waals surface area contributed by atoms with Crippen LogP contribution in [0.4, 0.5) is 0 Å². The number of nitrogens with one attached hydrogen (secondary N) is 1. The van der Waals surface area contributed by atoms with E-state index in [0.29, 0.717) is 6.04 Å². The first-order valence-electron chi connectivity index (χ1n) is 3.63. The summed E-state index contributed by atoms with van der Waals surface area (Å²) >= 11 is 0. The Labute approximate surface area is 60.0 Å². The van der Waals surface area contributed by atoms with Gasteiger partial charge in [-0.05, 0) is 13.0 Å². The molecule has 2 heterocycles. The Balaban J connectivity index is 2.41. The fourth-order valence-corrected chi connectivity index (χ4v) is 1.39. The van der Waals surface area contributed by atoms with Crippen LogP contribution in [0.15, 0.2) is 12.3 Å². The van der Waals surface area contributed by atoms with Crippen molar-refractivity contribution in [3.63, 3.8) is 0 Å². The van der Waals surface area contributed by atoms with E-state index in [1.807, 2.05) is 6.20 Å². The maximum atomic E-state index is 4.18. The summed E-state index contributed by atoms with van der Waals surface area (Å²) in [6.45, 7) is 4.20. The Morgan fingerprint density at radius 1 is 1.80 bits per heavy atom. The highest BCUT2D eigenvalue weighted by Crippen LogP contribution is 2.13. The number of rotatable bonds is 0. The topological polar surface area (TPSA) is 29.9 Å². The van der Waals surface area contributed by atoms with Crippen LogP contribution in [0, 0.1) is 0 Å². The first-order valence-corrected chi connectivity index (χ1v) is 3.63. The maximum Gasteiger partial charge on any atom is 0.0551 e. The number of nitrogens with zero attached hydrogens (tertiary/aromatic N) is 2. The number of hydrogen-bond acceptors (Lipinski definition) is 2. The molecule has 1 aliphatic heterocycles. The Bertz CT molecular complexity index is 229. The molecule has 1 atom stereocenters. The molecule has 1 unspecified atom stereocenters. The molecule has 0 saturated carbocycles. The second-order valence-electron chi connectivity index (χ2n) is 2.66. The van der Waals surface area contributed by atoms with Crippen LogP contribution in [-0.4, -0.2) is 16.3 Å². The second kappa shape index (κ2) is 2.09. The molecule has 10 heavy (non-hydrogen) atoms. The molecule has 0 bridgehead atoms. The summed E-state index contributed by atoms with van der Waals surface area (Å²) in [5, 5.41) is 7.55. The quantitative estimate of drug-likeness (QED) is 0.566. The largest absolute Gasteiger partial charge is 0.307 e. The number of aromatic nitrogens is 2. The molecule has 0 spiro atoms. The SMILES string of the molecule is CC1NCCn2nccc21. The van der Waals surface area contributed by atoms with Gasteiger partial charge in [-0.15, -0.1) is 0 Å². The first-order chi connectivity index (χ1) is 4.88. The third-order valence-electron chi connectivity index (χ3n) is 1.97. The third-order valence-corrected chi connectivity index (χ3v) is 1.97. The molecule has 54 valence electrons. The van der Waals surface area contributed by atoms with Gasteiger partial charge in [-0.25, -0.2) is 0 Å². The summed E-state index contributed by atoms with van der Waals surface area (Å²) in [7, 11) is 0. The normalized spacial score (nSPS) is 24.3. The van der Waals surface area contributed by atoms with Crippen molar-refractivity contribution in [3.8, 4) is 0 Å². The van der Waals surface area contributed by atoms with E-state index in [4.69, 9.17) is 0 Å². The molecular formula is C7H11N3. The van der Waals surface area contributed by atoms with Crippen LogP contribution in [0.1, 0.15) is 18.7 Å². The van der Waals surface area contributed by atoms with E-state index < -0.39 is 0 Å². The van der Waals surface area contributed by atoms with Crippen molar-refractivity contribution >= 4 is 0 Å². The highest BCUT2D eigenvalue weighted by Gasteiger charge is 2.14. The van der Waals surface area contributed by atoms with Gasteiger partial charge in [0.25, 0.3) is 0 Å². The van der Waals surface area contributed by atoms with Crippen LogP contribution < -0.4 is 5.32 Å². The summed E-state index contributed by atoms with van der Waals surface area (Å²) in [6, 6.07) is 2.54. The van der Waals surface area contributed by atoms with Crippen molar-refractivity contribution in [2.45, 2.75) is 19.5 Å². The lowest BCUT2D eigenvalue weighted by atomic mass is 10.2. The van der Waals surface area contributed by atoms with Gasteiger partial charge in [-0.2, -0.15) is 5.10 Å². The Hall–Kier alpha value is -0.830. The fourth-order valence-electron chi connectivity index (χ4n) is 1.39. The van der Waals surface area contributed by atoms with Gasteiger partial charge in [0.1, 0.15) is 0 Å². The minimum Gasteiger partial charge on any atom is -0.307 e. The average Bonchev–Trinajstić information content (AvgIpc) is 2.36. The van der Waals surface area contributed by atoms with Gasteiger partial charge in [0, 0.05) is 18.8 Å². The molecule has 0 fully saturated rings. The monoisotopic (exact) mass is 137 g/mol. The van der Waals surface area contributed by atoms with Gasteiger partial charge in [-0.3, -0.25) is 4.68 Å². The zero-order valence-corrected chi connectivity index (χ0v) is 6.04. The molecular weight excluding hydrogens is 126 g/mol. The summed E-state index contributed by atoms with van der Waals surface area (Å²) in [6.07, 6.45) is 1.86. The van der Waals surface area contributed by atoms with E-state index >= 15 is 0 Å². The van der Waals surface area contributed by atoms with E-state index in [0.717, 1.165) is 13.1 Å². The lowest BCUT2D eigenvalue weighted by Crippen LogP contribution is -2.31. The summed E-state index contributed by atoms with van der Waals surface area (Å²) < 4.78 is 2.06. The van der Waals surface area contributed by atoms with Crippen molar-refractivity contribution in [1.29, 1.82) is 0 Å². The molecule has 2 rings (SSSR count). The lowest BCUT2D eigenvalue weighted by molar-refractivity contribution is 0.419. The highest BCUT2D eigenvalue weighted by molar-refractivity contribution is 5.07. The van der Waals surface area contributed by atoms with Crippen molar-refractivity contribution in [2.75, 3.05) is 6.54 Å². The summed E-state index contributed by atoms with van der Waals surface area (Å²) in [5.74, 6) is 0. The minimum atomic E-state index is 0.469. The zero-order chi connectivity index (χ0) is 6.97. The van der Waals surface area contributed by atoms with Crippen LogP contribution in [0.3, 0.4) is 0 Å². The van der Waals surface area contributed by atoms with Gasteiger partial charge >= 0.3 is 0 Å². The molecule has 0 radical (unpaired) electrons. The lowest BCUT2D eigenvalue weighted by Gasteiger charge is -2.21. The smallest absolute Gasteiger partial charge is 0.0551 e. The number of hydrogen-bond donors (Lipinski definition) is 1. The summed E-state index contributed by atoms with van der Waals surface area (Å²) in [5.41, 5.74) is 1.30. The minimum absolute atomic E-state index is 0.469. The van der Waals surface area contributed by atoms with Crippen LogP contribution in [-0.2, 0) is 6.54 Å². The van der Waals surface area contributed by atoms with Gasteiger partial charge in [0.2, 0.25) is 0 Å². The molecule has 0 saturated heterocycles. The average molecular weight is 137 g/mol. The molecule has 3 heteroatoms. The molecule has 0 amide bonds. The van der Waals surface area contributed by atoms with E-state index in [1.54, 1.807) is 0 Å². The van der Waals surface area contributed by atoms with E-state index in [9.17, 15) is 0 Å². The van der Waals surface area contributed by atoms with Gasteiger partial charge in [0.05, 0.1) is 12.2 Å². The molecule has 1 aliphatic rings. The van der Waals surface area contributed by atoms with Crippen LogP contribution in [0.25, 0.3) is 0 Å². The molecule has 0 aliphatic carbocycles. The van der Waals surface area contributed by atoms with Crippen LogP contribution in [0.5, 0.6) is 0 Å². The summed E-state index contributed by atoms with van der Waals surface area (Å²) in [4.78, 5) is 0. The van der Waals surface area contributed by atoms with E-state index in [1.165, 1.54) is 5.69 Å². The number of fused-ring (bicyclic) bond motifs is 1. The predicted octanol–water partition coefficient (Wildman–Crippen LogP) is 0.547. The third kappa shape index (κ3) is 0.743. The Morgan fingerprint density at radius 2 is 2.70 bits per heavy atom. The molecule has 1 aromatic rings. The van der Waals surface area contributed by atoms with Crippen LogP contribution in [0.2, 0.25) is 0 Å². The molecule has 3 nitrogen and oxygen atoms in total. The first kappa shape index (κ1) is 5.92. The van der Waals surface area contributed by atoms with Gasteiger partial charge in [0.15, 0.2) is 0 Å². The van der Waals surface area contributed by atoms with Crippen molar-refractivity contribution in [3.05, 3.63) is 18.0 Å². The predicted molar refractivity (Wildman–Crippen MR) is 38.6 cm³/mol. The maximum absolute atomic E-state index is 4.18. The standard InChI is InChI=1S/C7H11N3/c1-6-7-2-3-9-10(7)5-4-8-6/h2-3,6,8H,4-5H2,1H3. The highest BCUT2D eigenvalue weighted by atomic mass is 15.3. The van der Waals surface area contributed by atoms with Crippen LogP contribution >= 0.6 is 0 Å². The van der Waals surface area contributed by atoms with Gasteiger partial charge in [-0.1, -0.05) is 0 Å². The fraction of sp³-hybridized carbons (Fsp3) is 0.571. The van der Waals surface area contributed by atoms with Crippen molar-refractivity contribution in [1.82, 2.24) is 15.1 Å². The second-order valence-corrected chi connectivity index (χ2v) is 2.66. The van der Waals surface area contributed by atoms with E-state index in [2.05, 4.69) is 28.1 Å². The molecule has 1 N–H and O–H groups in total. The Kier molecular flexibility index (Phi) is 1.24. The van der Waals surface area contributed by atoms with Crippen molar-refractivity contribution < 1.29 is 0 Å².